The van der Waals surface area contributed by atoms with Gasteiger partial charge in [-0.1, -0.05) is 18.2 Å². The summed E-state index contributed by atoms with van der Waals surface area (Å²) in [4.78, 5) is 12.9. The highest BCUT2D eigenvalue weighted by Crippen LogP contribution is 2.35. The van der Waals surface area contributed by atoms with Crippen LogP contribution < -0.4 is 20.5 Å². The number of nitrogens with zero attached hydrogens (tertiary/aromatic N) is 2. The third-order valence-corrected chi connectivity index (χ3v) is 4.53. The summed E-state index contributed by atoms with van der Waals surface area (Å²) in [5.41, 5.74) is 8.29. The van der Waals surface area contributed by atoms with Crippen LogP contribution in [0.15, 0.2) is 54.7 Å². The van der Waals surface area contributed by atoms with E-state index in [1.54, 1.807) is 37.2 Å². The number of hydrogen-bond donors (Lipinski definition) is 2. The van der Waals surface area contributed by atoms with Crippen molar-refractivity contribution in [3.8, 4) is 28.4 Å². The highest BCUT2D eigenvalue weighted by molar-refractivity contribution is 6.00. The van der Waals surface area contributed by atoms with Crippen molar-refractivity contribution in [3.63, 3.8) is 0 Å². The van der Waals surface area contributed by atoms with Gasteiger partial charge in [0.15, 0.2) is 0 Å². The molecule has 0 saturated heterocycles. The molecule has 29 heavy (non-hydrogen) atoms. The Balaban J connectivity index is 2.07. The SMILES string of the molecule is COc1ccc(OC)c(-c2nn(-c3ccccc3)cc2C(=O)NCCC(C)N)c1. The summed E-state index contributed by atoms with van der Waals surface area (Å²) in [5.74, 6) is 1.04. The van der Waals surface area contributed by atoms with Crippen LogP contribution in [0, 0.1) is 0 Å². The molecule has 1 heterocycles. The predicted octanol–water partition coefficient (Wildman–Crippen LogP) is 3.02. The highest BCUT2D eigenvalue weighted by Gasteiger charge is 2.21. The molecule has 0 fully saturated rings. The quantitative estimate of drug-likeness (QED) is 0.613. The molecule has 0 bridgehead atoms. The number of nitrogens with two attached hydrogens (primary N) is 1. The molecule has 3 rings (SSSR count). The van der Waals surface area contributed by atoms with Gasteiger partial charge in [0.1, 0.15) is 17.2 Å². The van der Waals surface area contributed by atoms with Crippen molar-refractivity contribution in [2.75, 3.05) is 20.8 Å². The van der Waals surface area contributed by atoms with Crippen LogP contribution in [0.4, 0.5) is 0 Å². The molecule has 3 aromatic rings. The fraction of sp³-hybridized carbons (Fsp3) is 0.273. The minimum Gasteiger partial charge on any atom is -0.497 e. The smallest absolute Gasteiger partial charge is 0.255 e. The molecule has 0 aliphatic heterocycles. The maximum absolute atomic E-state index is 12.9. The summed E-state index contributed by atoms with van der Waals surface area (Å²) < 4.78 is 12.6. The van der Waals surface area contributed by atoms with Crippen LogP contribution in [0.3, 0.4) is 0 Å². The van der Waals surface area contributed by atoms with Crippen molar-refractivity contribution in [1.82, 2.24) is 15.1 Å². The summed E-state index contributed by atoms with van der Waals surface area (Å²) in [7, 11) is 3.18. The number of hydrogen-bond acceptors (Lipinski definition) is 5. The van der Waals surface area contributed by atoms with Crippen LogP contribution in [0.5, 0.6) is 11.5 Å². The molecule has 7 nitrogen and oxygen atoms in total. The van der Waals surface area contributed by atoms with Gasteiger partial charge in [0.25, 0.3) is 5.91 Å². The first kappa shape index (κ1) is 20.4. The van der Waals surface area contributed by atoms with E-state index in [-0.39, 0.29) is 11.9 Å². The molecular weight excluding hydrogens is 368 g/mol. The van der Waals surface area contributed by atoms with E-state index >= 15 is 0 Å². The van der Waals surface area contributed by atoms with Gasteiger partial charge in [-0.2, -0.15) is 5.10 Å². The lowest BCUT2D eigenvalue weighted by molar-refractivity contribution is 0.0953. The van der Waals surface area contributed by atoms with E-state index in [0.29, 0.717) is 41.3 Å². The van der Waals surface area contributed by atoms with Gasteiger partial charge < -0.3 is 20.5 Å². The molecule has 0 aliphatic rings. The zero-order chi connectivity index (χ0) is 20.8. The molecule has 2 aromatic carbocycles. The average Bonchev–Trinajstić information content (AvgIpc) is 3.19. The number of benzene rings is 2. The van der Waals surface area contributed by atoms with E-state index in [1.807, 2.05) is 43.3 Å². The molecule has 152 valence electrons. The Labute approximate surface area is 170 Å². The van der Waals surface area contributed by atoms with Crippen LogP contribution in [0.25, 0.3) is 16.9 Å². The van der Waals surface area contributed by atoms with Crippen molar-refractivity contribution >= 4 is 5.91 Å². The Morgan fingerprint density at radius 2 is 1.93 bits per heavy atom. The Kier molecular flexibility index (Phi) is 6.51. The van der Waals surface area contributed by atoms with Crippen molar-refractivity contribution in [1.29, 1.82) is 0 Å². The number of nitrogens with one attached hydrogen (secondary N) is 1. The van der Waals surface area contributed by atoms with E-state index < -0.39 is 0 Å². The Morgan fingerprint density at radius 3 is 2.59 bits per heavy atom. The Morgan fingerprint density at radius 1 is 1.17 bits per heavy atom. The second-order valence-electron chi connectivity index (χ2n) is 6.76. The van der Waals surface area contributed by atoms with Gasteiger partial charge in [-0.25, -0.2) is 4.68 Å². The lowest BCUT2D eigenvalue weighted by Crippen LogP contribution is -2.29. The maximum atomic E-state index is 12.9. The van der Waals surface area contributed by atoms with E-state index in [9.17, 15) is 4.79 Å². The molecule has 1 amide bonds. The molecule has 1 unspecified atom stereocenters. The number of methoxy groups -OCH3 is 2. The number of carbonyl (C=O) groups excluding carboxylic acids is 1. The third-order valence-electron chi connectivity index (χ3n) is 4.53. The summed E-state index contributed by atoms with van der Waals surface area (Å²) in [6, 6.07) is 15.1. The van der Waals surface area contributed by atoms with Crippen LogP contribution in [0.2, 0.25) is 0 Å². The Hall–Kier alpha value is -3.32. The van der Waals surface area contributed by atoms with Gasteiger partial charge in [0.2, 0.25) is 0 Å². The number of amides is 1. The molecule has 1 aromatic heterocycles. The number of aromatic nitrogens is 2. The van der Waals surface area contributed by atoms with Gasteiger partial charge in [0.05, 0.1) is 25.5 Å². The average molecular weight is 394 g/mol. The van der Waals surface area contributed by atoms with E-state index in [1.165, 1.54) is 0 Å². The molecule has 0 aliphatic carbocycles. The zero-order valence-corrected chi connectivity index (χ0v) is 16.9. The van der Waals surface area contributed by atoms with Gasteiger partial charge in [0, 0.05) is 24.3 Å². The van der Waals surface area contributed by atoms with Crippen molar-refractivity contribution in [2.45, 2.75) is 19.4 Å². The monoisotopic (exact) mass is 394 g/mol. The number of para-hydroxylation sites is 1. The fourth-order valence-corrected chi connectivity index (χ4v) is 2.96. The Bertz CT molecular complexity index is 967. The summed E-state index contributed by atoms with van der Waals surface area (Å²) in [5, 5.41) is 7.62. The van der Waals surface area contributed by atoms with Gasteiger partial charge >= 0.3 is 0 Å². The molecule has 0 spiro atoms. The lowest BCUT2D eigenvalue weighted by atomic mass is 10.1. The van der Waals surface area contributed by atoms with Gasteiger partial charge in [-0.15, -0.1) is 0 Å². The van der Waals surface area contributed by atoms with E-state index in [0.717, 1.165) is 5.69 Å². The third kappa shape index (κ3) is 4.75. The first-order valence-electron chi connectivity index (χ1n) is 9.44. The first-order valence-corrected chi connectivity index (χ1v) is 9.44. The van der Waals surface area contributed by atoms with Crippen LogP contribution in [0.1, 0.15) is 23.7 Å². The van der Waals surface area contributed by atoms with E-state index in [2.05, 4.69) is 5.32 Å². The topological polar surface area (TPSA) is 91.4 Å². The lowest BCUT2D eigenvalue weighted by Gasteiger charge is -2.11. The van der Waals surface area contributed by atoms with Gasteiger partial charge in [-0.3, -0.25) is 4.79 Å². The van der Waals surface area contributed by atoms with Crippen LogP contribution in [-0.2, 0) is 0 Å². The normalized spacial score (nSPS) is 11.7. The van der Waals surface area contributed by atoms with Crippen molar-refractivity contribution < 1.29 is 14.3 Å². The number of rotatable bonds is 8. The summed E-state index contributed by atoms with van der Waals surface area (Å²) in [6.07, 6.45) is 2.42. The molecule has 7 heteroatoms. The molecular formula is C22H26N4O3. The minimum atomic E-state index is -0.215. The van der Waals surface area contributed by atoms with Crippen LogP contribution in [-0.4, -0.2) is 42.5 Å². The first-order chi connectivity index (χ1) is 14.0. The highest BCUT2D eigenvalue weighted by atomic mass is 16.5. The largest absolute Gasteiger partial charge is 0.497 e. The molecule has 0 saturated carbocycles. The van der Waals surface area contributed by atoms with Crippen LogP contribution >= 0.6 is 0 Å². The second-order valence-corrected chi connectivity index (χ2v) is 6.76. The van der Waals surface area contributed by atoms with Crippen molar-refractivity contribution in [3.05, 3.63) is 60.3 Å². The predicted molar refractivity (Wildman–Crippen MR) is 113 cm³/mol. The fourth-order valence-electron chi connectivity index (χ4n) is 2.96. The second kappa shape index (κ2) is 9.25. The molecule has 0 radical (unpaired) electrons. The zero-order valence-electron chi connectivity index (χ0n) is 16.9. The summed E-state index contributed by atoms with van der Waals surface area (Å²) in [6.45, 7) is 2.40. The minimum absolute atomic E-state index is 0.0142. The molecule has 1 atom stereocenters. The van der Waals surface area contributed by atoms with E-state index in [4.69, 9.17) is 20.3 Å². The number of carbonyl (C=O) groups is 1. The van der Waals surface area contributed by atoms with Crippen molar-refractivity contribution in [2.24, 2.45) is 5.73 Å². The number of ether oxygens (including phenoxy) is 2. The molecule has 3 N–H and O–H groups in total. The maximum Gasteiger partial charge on any atom is 0.255 e. The standard InChI is InChI=1S/C22H26N4O3/c1-15(23)11-12-24-22(27)19-14-26(16-7-5-4-6-8-16)25-21(19)18-13-17(28-2)9-10-20(18)29-3/h4-10,13-15H,11-12,23H2,1-3H3,(H,24,27). The summed E-state index contributed by atoms with van der Waals surface area (Å²) >= 11 is 0. The van der Waals surface area contributed by atoms with Gasteiger partial charge in [-0.05, 0) is 43.7 Å².